The average Bonchev–Trinajstić information content (AvgIpc) is 2.46. The SMILES string of the molecule is CC(C)CC(N=C=O)C(=O)O.NCCCCC(N=C=O)C(=O)O. The van der Waals surface area contributed by atoms with Crippen molar-refractivity contribution >= 4 is 24.1 Å². The molecule has 0 aliphatic rings. The molecule has 130 valence electrons. The third kappa shape index (κ3) is 14.4. The monoisotopic (exact) mass is 329 g/mol. The van der Waals surface area contributed by atoms with Gasteiger partial charge in [-0.1, -0.05) is 13.8 Å². The van der Waals surface area contributed by atoms with Crippen molar-refractivity contribution in [3.63, 3.8) is 0 Å². The summed E-state index contributed by atoms with van der Waals surface area (Å²) in [6.45, 7) is 4.27. The van der Waals surface area contributed by atoms with E-state index in [1.807, 2.05) is 13.8 Å². The van der Waals surface area contributed by atoms with E-state index in [9.17, 15) is 19.2 Å². The van der Waals surface area contributed by atoms with Crippen LogP contribution in [0.2, 0.25) is 0 Å². The quantitative estimate of drug-likeness (QED) is 0.302. The van der Waals surface area contributed by atoms with E-state index in [4.69, 9.17) is 15.9 Å². The molecular formula is C14H23N3O6. The van der Waals surface area contributed by atoms with Gasteiger partial charge in [-0.15, -0.1) is 0 Å². The molecule has 0 bridgehead atoms. The Labute approximate surface area is 134 Å². The molecule has 0 fully saturated rings. The molecule has 9 nitrogen and oxygen atoms in total. The number of isocyanates is 2. The zero-order valence-electron chi connectivity index (χ0n) is 13.3. The van der Waals surface area contributed by atoms with Crippen LogP contribution in [0.1, 0.15) is 39.5 Å². The fourth-order valence-electron chi connectivity index (χ4n) is 1.51. The maximum Gasteiger partial charge on any atom is 0.329 e. The number of nitrogens with two attached hydrogens (primary N) is 1. The Morgan fingerprint density at radius 1 is 1.00 bits per heavy atom. The Bertz CT molecular complexity index is 449. The van der Waals surface area contributed by atoms with Gasteiger partial charge < -0.3 is 15.9 Å². The fraction of sp³-hybridized carbons (Fsp3) is 0.714. The van der Waals surface area contributed by atoms with Gasteiger partial charge in [0.2, 0.25) is 12.2 Å². The van der Waals surface area contributed by atoms with Crippen LogP contribution in [-0.4, -0.2) is 52.9 Å². The number of aliphatic carboxylic acids is 2. The third-order valence-corrected chi connectivity index (χ3v) is 2.61. The Morgan fingerprint density at radius 2 is 1.48 bits per heavy atom. The molecule has 2 atom stereocenters. The van der Waals surface area contributed by atoms with Gasteiger partial charge in [-0.25, -0.2) is 19.2 Å². The summed E-state index contributed by atoms with van der Waals surface area (Å²) in [6, 6.07) is -1.87. The van der Waals surface area contributed by atoms with Gasteiger partial charge in [0.05, 0.1) is 0 Å². The van der Waals surface area contributed by atoms with E-state index in [0.29, 0.717) is 25.8 Å². The number of carbonyl (C=O) groups is 2. The molecule has 0 saturated heterocycles. The van der Waals surface area contributed by atoms with Gasteiger partial charge in [0.15, 0.2) is 12.1 Å². The molecule has 0 aliphatic carbocycles. The van der Waals surface area contributed by atoms with Crippen LogP contribution in [-0.2, 0) is 19.2 Å². The molecule has 0 rings (SSSR count). The van der Waals surface area contributed by atoms with Crippen molar-refractivity contribution in [1.82, 2.24) is 0 Å². The van der Waals surface area contributed by atoms with Crippen LogP contribution >= 0.6 is 0 Å². The van der Waals surface area contributed by atoms with E-state index in [2.05, 4.69) is 9.98 Å². The molecule has 9 heteroatoms. The van der Waals surface area contributed by atoms with Crippen LogP contribution in [0.4, 0.5) is 0 Å². The van der Waals surface area contributed by atoms with Gasteiger partial charge in [0, 0.05) is 0 Å². The summed E-state index contributed by atoms with van der Waals surface area (Å²) in [5.74, 6) is -1.94. The average molecular weight is 329 g/mol. The van der Waals surface area contributed by atoms with Gasteiger partial charge in [0.1, 0.15) is 0 Å². The van der Waals surface area contributed by atoms with Gasteiger partial charge in [-0.3, -0.25) is 0 Å². The Morgan fingerprint density at radius 3 is 1.83 bits per heavy atom. The first-order valence-corrected chi connectivity index (χ1v) is 7.09. The number of aliphatic imine (C=N–C) groups is 2. The summed E-state index contributed by atoms with van der Waals surface area (Å²) in [5, 5.41) is 17.0. The van der Waals surface area contributed by atoms with Crippen molar-refractivity contribution < 1.29 is 29.4 Å². The highest BCUT2D eigenvalue weighted by molar-refractivity contribution is 5.75. The van der Waals surface area contributed by atoms with E-state index in [-0.39, 0.29) is 5.92 Å². The highest BCUT2D eigenvalue weighted by Gasteiger charge is 2.17. The lowest BCUT2D eigenvalue weighted by Gasteiger charge is -2.06. The van der Waals surface area contributed by atoms with Gasteiger partial charge in [-0.05, 0) is 38.1 Å². The highest BCUT2D eigenvalue weighted by Crippen LogP contribution is 2.07. The van der Waals surface area contributed by atoms with E-state index in [0.717, 1.165) is 6.42 Å². The van der Waals surface area contributed by atoms with Crippen LogP contribution in [0, 0.1) is 5.92 Å². The van der Waals surface area contributed by atoms with Crippen molar-refractivity contribution in [2.75, 3.05) is 6.54 Å². The van der Waals surface area contributed by atoms with Gasteiger partial charge >= 0.3 is 11.9 Å². The van der Waals surface area contributed by atoms with Crippen LogP contribution in [0.3, 0.4) is 0 Å². The van der Waals surface area contributed by atoms with Crippen molar-refractivity contribution in [1.29, 1.82) is 0 Å². The molecule has 23 heavy (non-hydrogen) atoms. The molecule has 0 saturated carbocycles. The summed E-state index contributed by atoms with van der Waals surface area (Å²) >= 11 is 0. The first-order valence-electron chi connectivity index (χ1n) is 7.09. The second-order valence-electron chi connectivity index (χ2n) is 5.06. The number of nitrogens with zero attached hydrogens (tertiary/aromatic N) is 2. The predicted octanol–water partition coefficient (Wildman–Crippen LogP) is 0.726. The molecule has 0 aromatic carbocycles. The third-order valence-electron chi connectivity index (χ3n) is 2.61. The van der Waals surface area contributed by atoms with Crippen molar-refractivity contribution in [3.05, 3.63) is 0 Å². The minimum absolute atomic E-state index is 0.216. The van der Waals surface area contributed by atoms with E-state index < -0.39 is 24.0 Å². The smallest absolute Gasteiger partial charge is 0.329 e. The summed E-state index contributed by atoms with van der Waals surface area (Å²) in [4.78, 5) is 46.6. The molecule has 0 amide bonds. The Balaban J connectivity index is 0. The lowest BCUT2D eigenvalue weighted by Crippen LogP contribution is -2.19. The van der Waals surface area contributed by atoms with Gasteiger partial charge in [-0.2, -0.15) is 9.98 Å². The Hall–Kier alpha value is -2.34. The summed E-state index contributed by atoms with van der Waals surface area (Å²) in [7, 11) is 0. The van der Waals surface area contributed by atoms with Gasteiger partial charge in [0.25, 0.3) is 0 Å². The standard InChI is InChI=1S/C7H12N2O3.C7H11NO3/c8-4-2-1-3-6(7(11)12)9-5-10;1-5(2)3-6(7(10)11)8-4-9/h6H,1-4,8H2,(H,11,12);5-6H,3H2,1-2H3,(H,10,11). The first-order chi connectivity index (χ1) is 10.8. The molecular weight excluding hydrogens is 306 g/mol. The van der Waals surface area contributed by atoms with E-state index in [1.165, 1.54) is 12.2 Å². The number of carboxylic acid groups (broad SMARTS) is 2. The molecule has 2 unspecified atom stereocenters. The Kier molecular flexibility index (Phi) is 14.5. The van der Waals surface area contributed by atoms with Crippen molar-refractivity contribution in [2.24, 2.45) is 21.6 Å². The van der Waals surface area contributed by atoms with Crippen LogP contribution < -0.4 is 5.73 Å². The maximum atomic E-state index is 10.4. The van der Waals surface area contributed by atoms with Crippen LogP contribution in [0.15, 0.2) is 9.98 Å². The van der Waals surface area contributed by atoms with Crippen molar-refractivity contribution in [3.8, 4) is 0 Å². The van der Waals surface area contributed by atoms with E-state index >= 15 is 0 Å². The summed E-state index contributed by atoms with van der Waals surface area (Å²) in [6.07, 6.45) is 4.63. The molecule has 4 N–H and O–H groups in total. The highest BCUT2D eigenvalue weighted by atomic mass is 16.4. The van der Waals surface area contributed by atoms with E-state index in [1.54, 1.807) is 0 Å². The zero-order chi connectivity index (χ0) is 18.3. The minimum Gasteiger partial charge on any atom is -0.480 e. The largest absolute Gasteiger partial charge is 0.480 e. The number of hydrogen-bond acceptors (Lipinski definition) is 7. The minimum atomic E-state index is -1.09. The predicted molar refractivity (Wildman–Crippen MR) is 81.5 cm³/mol. The molecule has 0 aliphatic heterocycles. The zero-order valence-corrected chi connectivity index (χ0v) is 13.3. The van der Waals surface area contributed by atoms with Crippen LogP contribution in [0.25, 0.3) is 0 Å². The summed E-state index contributed by atoms with van der Waals surface area (Å²) < 4.78 is 0. The molecule has 0 radical (unpaired) electrons. The molecule has 0 heterocycles. The second kappa shape index (κ2) is 14.6. The molecule has 0 aromatic rings. The lowest BCUT2D eigenvalue weighted by molar-refractivity contribution is -0.139. The molecule has 0 spiro atoms. The fourth-order valence-corrected chi connectivity index (χ4v) is 1.51. The maximum absolute atomic E-state index is 10.4. The number of carboxylic acids is 2. The first kappa shape index (κ1) is 22.9. The molecule has 0 aromatic heterocycles. The number of unbranched alkanes of at least 4 members (excludes halogenated alkanes) is 1. The summed E-state index contributed by atoms with van der Waals surface area (Å²) in [5.41, 5.74) is 5.21. The lowest BCUT2D eigenvalue weighted by atomic mass is 10.0. The second-order valence-corrected chi connectivity index (χ2v) is 5.06. The number of rotatable bonds is 10. The van der Waals surface area contributed by atoms with Crippen molar-refractivity contribution in [2.45, 2.75) is 51.6 Å². The number of carbonyl (C=O) groups excluding carboxylic acids is 2. The number of hydrogen-bond donors (Lipinski definition) is 3. The topological polar surface area (TPSA) is 159 Å². The van der Waals surface area contributed by atoms with Crippen LogP contribution in [0.5, 0.6) is 0 Å². The normalized spacial score (nSPS) is 12.0.